The van der Waals surface area contributed by atoms with Crippen molar-refractivity contribution in [1.82, 2.24) is 25.2 Å². The second kappa shape index (κ2) is 20.6. The number of hydrogen-bond donors (Lipinski definition) is 4. The molecule has 0 radical (unpaired) electrons. The average molecular weight is 833 g/mol. The third kappa shape index (κ3) is 13.7. The number of imide groups is 1. The van der Waals surface area contributed by atoms with Gasteiger partial charge >= 0.3 is 11.7 Å². The maximum Gasteiger partial charge on any atom is 0.311 e. The SMILES string of the molecule is CC(=O)OC(Cc1cn(CCC(C)(C)OCC(C)(C)NC(=O)CCCCCN2C(=O)CC(C(C)C)C2=O)nn1)c1ccc(OC2CC(O)C(O)C(CO)O2)c([N+](=O)[O-])c1. The van der Waals surface area contributed by atoms with E-state index in [4.69, 9.17) is 18.9 Å². The normalized spacial score (nSPS) is 21.8. The van der Waals surface area contributed by atoms with E-state index in [1.165, 1.54) is 30.0 Å². The lowest BCUT2D eigenvalue weighted by molar-refractivity contribution is -0.386. The average Bonchev–Trinajstić information content (AvgIpc) is 3.73. The molecule has 2 aliphatic heterocycles. The number of likely N-dealkylation sites (tertiary alicyclic amines) is 1. The number of esters is 1. The summed E-state index contributed by atoms with van der Waals surface area (Å²) in [4.78, 5) is 62.3. The number of carbonyl (C=O) groups is 4. The Bertz CT molecular complexity index is 1780. The molecule has 4 N–H and O–H groups in total. The van der Waals surface area contributed by atoms with E-state index in [0.717, 1.165) is 0 Å². The predicted molar refractivity (Wildman–Crippen MR) is 209 cm³/mol. The maximum atomic E-state index is 12.7. The number of nitro groups is 1. The molecule has 2 saturated heterocycles. The van der Waals surface area contributed by atoms with Gasteiger partial charge in [0.1, 0.15) is 18.3 Å². The van der Waals surface area contributed by atoms with E-state index < -0.39 is 65.0 Å². The van der Waals surface area contributed by atoms with Crippen LogP contribution >= 0.6 is 0 Å². The Kier molecular flexibility index (Phi) is 16.5. The Morgan fingerprint density at radius 1 is 1.12 bits per heavy atom. The topological polar surface area (TPSA) is 255 Å². The fourth-order valence-electron chi connectivity index (χ4n) is 6.92. The van der Waals surface area contributed by atoms with Crippen molar-refractivity contribution in [3.05, 3.63) is 45.8 Å². The highest BCUT2D eigenvalue weighted by Gasteiger charge is 2.40. The highest BCUT2D eigenvalue weighted by molar-refractivity contribution is 6.03. The second-order valence-electron chi connectivity index (χ2n) is 16.9. The first-order valence-corrected chi connectivity index (χ1v) is 20.1. The zero-order chi connectivity index (χ0) is 43.7. The van der Waals surface area contributed by atoms with Crippen molar-refractivity contribution in [2.24, 2.45) is 11.8 Å². The van der Waals surface area contributed by atoms with E-state index in [2.05, 4.69) is 15.6 Å². The number of aryl methyl sites for hydroxylation is 1. The maximum absolute atomic E-state index is 12.7. The van der Waals surface area contributed by atoms with Crippen LogP contribution in [0.25, 0.3) is 0 Å². The van der Waals surface area contributed by atoms with Gasteiger partial charge in [-0.05, 0) is 64.5 Å². The number of aliphatic hydroxyl groups excluding tert-OH is 3. The van der Waals surface area contributed by atoms with Gasteiger partial charge in [0.15, 0.2) is 5.75 Å². The van der Waals surface area contributed by atoms with Gasteiger partial charge in [-0.1, -0.05) is 31.5 Å². The van der Waals surface area contributed by atoms with Crippen molar-refractivity contribution in [3.8, 4) is 5.75 Å². The van der Waals surface area contributed by atoms with Gasteiger partial charge in [0.25, 0.3) is 0 Å². The summed E-state index contributed by atoms with van der Waals surface area (Å²) in [6.45, 7) is 13.2. The van der Waals surface area contributed by atoms with Crippen molar-refractivity contribution in [2.45, 2.75) is 148 Å². The Balaban J connectivity index is 1.25. The first-order chi connectivity index (χ1) is 27.7. The molecule has 6 atom stereocenters. The molecule has 2 aliphatic rings. The number of unbranched alkanes of at least 4 members (excludes halogenated alkanes) is 2. The first-order valence-electron chi connectivity index (χ1n) is 20.1. The van der Waals surface area contributed by atoms with Crippen LogP contribution in [0.1, 0.15) is 111 Å². The smallest absolute Gasteiger partial charge is 0.311 e. The van der Waals surface area contributed by atoms with Crippen molar-refractivity contribution >= 4 is 29.4 Å². The summed E-state index contributed by atoms with van der Waals surface area (Å²) in [6, 6.07) is 4.02. The molecule has 1 aromatic carbocycles. The fourth-order valence-corrected chi connectivity index (χ4v) is 6.92. The minimum atomic E-state index is -1.35. The lowest BCUT2D eigenvalue weighted by atomic mass is 9.94. The van der Waals surface area contributed by atoms with Crippen LogP contribution in [0.2, 0.25) is 0 Å². The summed E-state index contributed by atoms with van der Waals surface area (Å²) in [7, 11) is 0. The molecule has 19 nitrogen and oxygen atoms in total. The minimum Gasteiger partial charge on any atom is -0.458 e. The summed E-state index contributed by atoms with van der Waals surface area (Å²) in [5, 5.41) is 53.1. The molecule has 0 aliphatic carbocycles. The van der Waals surface area contributed by atoms with E-state index in [1.807, 2.05) is 41.5 Å². The van der Waals surface area contributed by atoms with E-state index in [1.54, 1.807) is 10.9 Å². The number of nitro benzene ring substituents is 1. The zero-order valence-electron chi connectivity index (χ0n) is 35.0. The number of benzene rings is 1. The molecular weight excluding hydrogens is 772 g/mol. The lowest BCUT2D eigenvalue weighted by Gasteiger charge is -2.35. The van der Waals surface area contributed by atoms with E-state index >= 15 is 0 Å². The first kappa shape index (κ1) is 47.1. The van der Waals surface area contributed by atoms with Crippen LogP contribution in [0, 0.1) is 22.0 Å². The number of carbonyl (C=O) groups excluding carboxylic acids is 4. The quantitative estimate of drug-likeness (QED) is 0.0438. The van der Waals surface area contributed by atoms with Gasteiger partial charge in [-0.2, -0.15) is 0 Å². The molecule has 3 amide bonds. The van der Waals surface area contributed by atoms with Gasteiger partial charge in [-0.25, -0.2) is 0 Å². The standard InChI is InChI=1S/C40H60N6O13/c1-24(2)28-19-35(51)45(38(28)53)15-10-8-9-11-34(50)41-39(4,5)23-56-40(6,7)14-16-44-21-27(42-43-44)18-32(57-25(3)48)26-12-13-31(29(17-26)46(54)55)58-36-20-30(49)37(52)33(22-47)59-36/h12-13,17,21,24,28,30,32-33,36-37,47,49,52H,8-11,14-16,18-20,22-23H2,1-7H3,(H,41,50). The van der Waals surface area contributed by atoms with Gasteiger partial charge in [0.05, 0.1) is 41.1 Å². The highest BCUT2D eigenvalue weighted by Crippen LogP contribution is 2.35. The van der Waals surface area contributed by atoms with Crippen LogP contribution in [0.4, 0.5) is 5.69 Å². The molecule has 6 unspecified atom stereocenters. The molecule has 3 heterocycles. The largest absolute Gasteiger partial charge is 0.458 e. The van der Waals surface area contributed by atoms with Crippen LogP contribution in [-0.2, 0) is 46.4 Å². The molecule has 59 heavy (non-hydrogen) atoms. The minimum absolute atomic E-state index is 0.0508. The van der Waals surface area contributed by atoms with Crippen LogP contribution in [0.15, 0.2) is 24.4 Å². The summed E-state index contributed by atoms with van der Waals surface area (Å²) < 4.78 is 24.5. The Hall–Kier alpha value is -4.56. The molecule has 328 valence electrons. The molecule has 0 bridgehead atoms. The number of rotatable bonds is 22. The number of nitrogens with zero attached hydrogens (tertiary/aromatic N) is 5. The van der Waals surface area contributed by atoms with Gasteiger partial charge in [-0.15, -0.1) is 5.10 Å². The van der Waals surface area contributed by atoms with Crippen LogP contribution in [-0.4, -0.2) is 119 Å². The number of aromatic nitrogens is 3. The second-order valence-corrected chi connectivity index (χ2v) is 16.9. The van der Waals surface area contributed by atoms with Crippen LogP contribution < -0.4 is 10.1 Å². The molecule has 1 aromatic heterocycles. The summed E-state index contributed by atoms with van der Waals surface area (Å²) in [5.74, 6) is -1.24. The van der Waals surface area contributed by atoms with Crippen LogP contribution in [0.5, 0.6) is 5.75 Å². The number of aliphatic hydroxyl groups is 3. The van der Waals surface area contributed by atoms with E-state index in [9.17, 15) is 44.6 Å². The Morgan fingerprint density at radius 3 is 2.49 bits per heavy atom. The molecule has 0 spiro atoms. The van der Waals surface area contributed by atoms with Crippen molar-refractivity contribution in [1.29, 1.82) is 0 Å². The number of ether oxygens (including phenoxy) is 4. The third-order valence-corrected chi connectivity index (χ3v) is 10.4. The van der Waals surface area contributed by atoms with Crippen molar-refractivity contribution in [3.63, 3.8) is 0 Å². The Morgan fingerprint density at radius 2 is 1.85 bits per heavy atom. The number of hydrogen-bond acceptors (Lipinski definition) is 15. The van der Waals surface area contributed by atoms with Gasteiger partial charge in [0.2, 0.25) is 24.0 Å². The third-order valence-electron chi connectivity index (χ3n) is 10.4. The Labute approximate surface area is 343 Å². The van der Waals surface area contributed by atoms with Gasteiger partial charge in [-0.3, -0.25) is 38.9 Å². The van der Waals surface area contributed by atoms with E-state index in [0.29, 0.717) is 56.5 Å². The zero-order valence-corrected chi connectivity index (χ0v) is 35.0. The van der Waals surface area contributed by atoms with Crippen molar-refractivity contribution in [2.75, 3.05) is 19.8 Å². The predicted octanol–water partition coefficient (Wildman–Crippen LogP) is 2.91. The molecule has 4 rings (SSSR count). The lowest BCUT2D eigenvalue weighted by Crippen LogP contribution is -2.51. The molecule has 0 saturated carbocycles. The molecular formula is C40H60N6O13. The number of nitrogens with one attached hydrogen (secondary N) is 1. The van der Waals surface area contributed by atoms with Crippen LogP contribution in [0.3, 0.4) is 0 Å². The van der Waals surface area contributed by atoms with Crippen molar-refractivity contribution < 1.29 is 58.4 Å². The summed E-state index contributed by atoms with van der Waals surface area (Å²) in [5.41, 5.74) is -0.980. The fraction of sp³-hybridized carbons (Fsp3) is 0.700. The van der Waals surface area contributed by atoms with Gasteiger partial charge < -0.3 is 39.6 Å². The highest BCUT2D eigenvalue weighted by atomic mass is 16.7. The van der Waals surface area contributed by atoms with Gasteiger partial charge in [0, 0.05) is 63.9 Å². The molecule has 19 heteroatoms. The monoisotopic (exact) mass is 832 g/mol. The summed E-state index contributed by atoms with van der Waals surface area (Å²) in [6.07, 6.45) is -1.27. The number of amides is 3. The summed E-state index contributed by atoms with van der Waals surface area (Å²) >= 11 is 0. The van der Waals surface area contributed by atoms with E-state index in [-0.39, 0.29) is 61.2 Å². The molecule has 2 fully saturated rings. The molecule has 2 aromatic rings.